The Labute approximate surface area is 151 Å². The molecule has 0 spiro atoms. The van der Waals surface area contributed by atoms with Gasteiger partial charge < -0.3 is 9.42 Å². The van der Waals surface area contributed by atoms with Crippen molar-refractivity contribution in [2.75, 3.05) is 7.05 Å². The predicted octanol–water partition coefficient (Wildman–Crippen LogP) is 2.86. The van der Waals surface area contributed by atoms with Gasteiger partial charge >= 0.3 is 0 Å². The molecule has 0 saturated heterocycles. The minimum Gasteiger partial charge on any atom is -0.359 e. The SMILES string of the molecule is CC1CCc2[nH]nc(C(=O)N(C)Cc3cc(-c4cccnc4)no3)c2C1. The van der Waals surface area contributed by atoms with Crippen molar-refractivity contribution in [3.63, 3.8) is 0 Å². The van der Waals surface area contributed by atoms with Gasteiger partial charge in [-0.05, 0) is 37.3 Å². The van der Waals surface area contributed by atoms with Crippen molar-refractivity contribution in [2.45, 2.75) is 32.7 Å². The normalized spacial score (nSPS) is 16.3. The monoisotopic (exact) mass is 351 g/mol. The van der Waals surface area contributed by atoms with Crippen LogP contribution in [0.3, 0.4) is 0 Å². The molecule has 3 aromatic heterocycles. The number of fused-ring (bicyclic) bond motifs is 1. The average Bonchev–Trinajstić information content (AvgIpc) is 3.28. The molecule has 7 heteroatoms. The van der Waals surface area contributed by atoms with Crippen LogP contribution in [0.1, 0.15) is 40.9 Å². The molecule has 1 amide bonds. The number of nitrogens with zero attached hydrogens (tertiary/aromatic N) is 4. The number of pyridine rings is 1. The number of aromatic nitrogens is 4. The molecule has 1 atom stereocenters. The summed E-state index contributed by atoms with van der Waals surface area (Å²) in [6.07, 6.45) is 6.43. The summed E-state index contributed by atoms with van der Waals surface area (Å²) in [7, 11) is 1.75. The molecule has 4 rings (SSSR count). The van der Waals surface area contributed by atoms with Crippen LogP contribution in [0.25, 0.3) is 11.3 Å². The highest BCUT2D eigenvalue weighted by atomic mass is 16.5. The van der Waals surface area contributed by atoms with Crippen molar-refractivity contribution >= 4 is 5.91 Å². The molecule has 0 fully saturated rings. The van der Waals surface area contributed by atoms with E-state index in [0.29, 0.717) is 29.6 Å². The molecule has 134 valence electrons. The summed E-state index contributed by atoms with van der Waals surface area (Å²) < 4.78 is 5.39. The molecule has 26 heavy (non-hydrogen) atoms. The molecule has 3 aromatic rings. The largest absolute Gasteiger partial charge is 0.359 e. The molecule has 0 aromatic carbocycles. The average molecular weight is 351 g/mol. The van der Waals surface area contributed by atoms with Gasteiger partial charge in [0, 0.05) is 42.3 Å². The Balaban J connectivity index is 1.49. The molecular weight excluding hydrogens is 330 g/mol. The van der Waals surface area contributed by atoms with Crippen LogP contribution in [-0.2, 0) is 19.4 Å². The van der Waals surface area contributed by atoms with Crippen molar-refractivity contribution in [1.82, 2.24) is 25.2 Å². The lowest BCUT2D eigenvalue weighted by Crippen LogP contribution is -2.28. The molecule has 0 radical (unpaired) electrons. The Morgan fingerprint density at radius 2 is 2.35 bits per heavy atom. The van der Waals surface area contributed by atoms with Crippen LogP contribution in [0.2, 0.25) is 0 Å². The number of aryl methyl sites for hydroxylation is 1. The molecule has 1 aliphatic carbocycles. The summed E-state index contributed by atoms with van der Waals surface area (Å²) in [5.41, 5.74) is 4.28. The Bertz CT molecular complexity index is 915. The maximum atomic E-state index is 12.8. The number of H-pyrrole nitrogens is 1. The summed E-state index contributed by atoms with van der Waals surface area (Å²) >= 11 is 0. The quantitative estimate of drug-likeness (QED) is 0.781. The molecule has 1 N–H and O–H groups in total. The fraction of sp³-hybridized carbons (Fsp3) is 0.368. The predicted molar refractivity (Wildman–Crippen MR) is 95.3 cm³/mol. The van der Waals surface area contributed by atoms with Gasteiger partial charge in [-0.15, -0.1) is 0 Å². The number of carbonyl (C=O) groups excluding carboxylic acids is 1. The first-order chi connectivity index (χ1) is 12.6. The van der Waals surface area contributed by atoms with Crippen LogP contribution >= 0.6 is 0 Å². The van der Waals surface area contributed by atoms with E-state index in [4.69, 9.17) is 4.52 Å². The summed E-state index contributed by atoms with van der Waals surface area (Å²) in [5, 5.41) is 11.4. The van der Waals surface area contributed by atoms with Crippen LogP contribution in [0, 0.1) is 5.92 Å². The maximum absolute atomic E-state index is 12.8. The molecular formula is C19H21N5O2. The summed E-state index contributed by atoms with van der Waals surface area (Å²) in [5.74, 6) is 1.10. The van der Waals surface area contributed by atoms with E-state index >= 15 is 0 Å². The Morgan fingerprint density at radius 1 is 1.46 bits per heavy atom. The third kappa shape index (κ3) is 3.12. The third-order valence-corrected chi connectivity index (χ3v) is 4.85. The Hall–Kier alpha value is -2.96. The first-order valence-electron chi connectivity index (χ1n) is 8.79. The lowest BCUT2D eigenvalue weighted by Gasteiger charge is -2.19. The van der Waals surface area contributed by atoms with Gasteiger partial charge in [-0.2, -0.15) is 5.10 Å². The van der Waals surface area contributed by atoms with Gasteiger partial charge in [-0.25, -0.2) is 0 Å². The fourth-order valence-corrected chi connectivity index (χ4v) is 3.37. The zero-order chi connectivity index (χ0) is 18.1. The zero-order valence-electron chi connectivity index (χ0n) is 14.9. The molecule has 0 saturated carbocycles. The number of rotatable bonds is 4. The first-order valence-corrected chi connectivity index (χ1v) is 8.79. The summed E-state index contributed by atoms with van der Waals surface area (Å²) in [6, 6.07) is 5.60. The number of hydrogen-bond donors (Lipinski definition) is 1. The van der Waals surface area contributed by atoms with Crippen LogP contribution in [0.4, 0.5) is 0 Å². The van der Waals surface area contributed by atoms with E-state index in [9.17, 15) is 4.79 Å². The van der Waals surface area contributed by atoms with Crippen LogP contribution in [0.15, 0.2) is 35.1 Å². The van der Waals surface area contributed by atoms with E-state index in [1.165, 1.54) is 0 Å². The molecule has 0 bridgehead atoms. The van der Waals surface area contributed by atoms with E-state index < -0.39 is 0 Å². The highest BCUT2D eigenvalue weighted by molar-refractivity contribution is 5.93. The van der Waals surface area contributed by atoms with Gasteiger partial charge in [0.15, 0.2) is 11.5 Å². The van der Waals surface area contributed by atoms with E-state index in [1.54, 1.807) is 24.3 Å². The zero-order valence-corrected chi connectivity index (χ0v) is 14.9. The van der Waals surface area contributed by atoms with E-state index in [-0.39, 0.29) is 5.91 Å². The second kappa shape index (κ2) is 6.74. The second-order valence-electron chi connectivity index (χ2n) is 6.96. The van der Waals surface area contributed by atoms with Crippen LogP contribution < -0.4 is 0 Å². The minimum atomic E-state index is -0.101. The van der Waals surface area contributed by atoms with E-state index in [2.05, 4.69) is 27.3 Å². The first kappa shape index (κ1) is 16.5. The summed E-state index contributed by atoms with van der Waals surface area (Å²) in [4.78, 5) is 18.5. The minimum absolute atomic E-state index is 0.101. The van der Waals surface area contributed by atoms with Crippen molar-refractivity contribution in [3.05, 3.63) is 53.3 Å². The lowest BCUT2D eigenvalue weighted by molar-refractivity contribution is 0.0765. The number of nitrogens with one attached hydrogen (secondary N) is 1. The van der Waals surface area contributed by atoms with Gasteiger partial charge in [0.1, 0.15) is 5.69 Å². The molecule has 3 heterocycles. The number of amides is 1. The highest BCUT2D eigenvalue weighted by Crippen LogP contribution is 2.27. The fourth-order valence-electron chi connectivity index (χ4n) is 3.37. The van der Waals surface area contributed by atoms with Gasteiger partial charge in [-0.1, -0.05) is 12.1 Å². The lowest BCUT2D eigenvalue weighted by atomic mass is 9.87. The Morgan fingerprint density at radius 3 is 3.15 bits per heavy atom. The number of hydrogen-bond acceptors (Lipinski definition) is 5. The van der Waals surface area contributed by atoms with Crippen LogP contribution in [0.5, 0.6) is 0 Å². The summed E-state index contributed by atoms with van der Waals surface area (Å²) in [6.45, 7) is 2.55. The Kier molecular flexibility index (Phi) is 4.28. The standard InChI is InChI=1S/C19H21N5O2/c1-12-5-6-16-15(8-12)18(22-21-16)19(25)24(2)11-14-9-17(23-26-14)13-4-3-7-20-10-13/h3-4,7,9-10,12H,5-6,8,11H2,1-2H3,(H,21,22). The van der Waals surface area contributed by atoms with E-state index in [1.807, 2.05) is 18.2 Å². The van der Waals surface area contributed by atoms with Crippen molar-refractivity contribution in [3.8, 4) is 11.3 Å². The van der Waals surface area contributed by atoms with Crippen molar-refractivity contribution in [1.29, 1.82) is 0 Å². The molecule has 7 nitrogen and oxygen atoms in total. The molecule has 1 unspecified atom stereocenters. The molecule has 0 aliphatic heterocycles. The van der Waals surface area contributed by atoms with Crippen molar-refractivity contribution < 1.29 is 9.32 Å². The van der Waals surface area contributed by atoms with Gasteiger partial charge in [0.2, 0.25) is 0 Å². The second-order valence-corrected chi connectivity index (χ2v) is 6.96. The number of aromatic amines is 1. The smallest absolute Gasteiger partial charge is 0.274 e. The van der Waals surface area contributed by atoms with Gasteiger partial charge in [-0.3, -0.25) is 14.9 Å². The maximum Gasteiger partial charge on any atom is 0.274 e. The third-order valence-electron chi connectivity index (χ3n) is 4.85. The van der Waals surface area contributed by atoms with E-state index in [0.717, 1.165) is 36.1 Å². The number of carbonyl (C=O) groups is 1. The highest BCUT2D eigenvalue weighted by Gasteiger charge is 2.27. The van der Waals surface area contributed by atoms with Crippen LogP contribution in [-0.4, -0.2) is 38.2 Å². The topological polar surface area (TPSA) is 87.9 Å². The van der Waals surface area contributed by atoms with Gasteiger partial charge in [0.05, 0.1) is 6.54 Å². The van der Waals surface area contributed by atoms with Crippen molar-refractivity contribution in [2.24, 2.45) is 5.92 Å². The van der Waals surface area contributed by atoms with Gasteiger partial charge in [0.25, 0.3) is 5.91 Å². The molecule has 1 aliphatic rings.